The molecule has 0 aromatic heterocycles. The van der Waals surface area contributed by atoms with Gasteiger partial charge >= 0.3 is 16.2 Å². The van der Waals surface area contributed by atoms with Crippen LogP contribution < -0.4 is 9.50 Å². The van der Waals surface area contributed by atoms with Gasteiger partial charge in [-0.2, -0.15) is 8.42 Å². The van der Waals surface area contributed by atoms with Gasteiger partial charge in [-0.1, -0.05) is 60.7 Å². The summed E-state index contributed by atoms with van der Waals surface area (Å²) in [5, 5.41) is 2.76. The van der Waals surface area contributed by atoms with Crippen LogP contribution in [0.2, 0.25) is 0 Å². The van der Waals surface area contributed by atoms with Gasteiger partial charge in [-0.05, 0) is 56.2 Å². The van der Waals surface area contributed by atoms with E-state index in [1.165, 1.54) is 12.1 Å². The van der Waals surface area contributed by atoms with Crippen LogP contribution in [-0.4, -0.2) is 26.3 Å². The molecule has 0 aliphatic rings. The van der Waals surface area contributed by atoms with Crippen molar-refractivity contribution in [2.75, 3.05) is 0 Å². The van der Waals surface area contributed by atoms with E-state index in [2.05, 4.69) is 5.32 Å². The van der Waals surface area contributed by atoms with Gasteiger partial charge in [0, 0.05) is 6.42 Å². The summed E-state index contributed by atoms with van der Waals surface area (Å²) in [7, 11) is -3.92. The Bertz CT molecular complexity index is 1160. The third-order valence-electron chi connectivity index (χ3n) is 4.55. The Morgan fingerprint density at radius 2 is 1.44 bits per heavy atom. The number of amides is 1. The summed E-state index contributed by atoms with van der Waals surface area (Å²) < 4.78 is 41.4. The van der Waals surface area contributed by atoms with E-state index < -0.39 is 28.0 Å². The van der Waals surface area contributed by atoms with Crippen molar-refractivity contribution in [3.8, 4) is 5.75 Å². The second-order valence-electron chi connectivity index (χ2n) is 8.63. The summed E-state index contributed by atoms with van der Waals surface area (Å²) in [5.74, 6) is 0.189. The first-order valence-corrected chi connectivity index (χ1v) is 12.3. The molecule has 180 valence electrons. The molecule has 0 bridgehead atoms. The van der Waals surface area contributed by atoms with Crippen LogP contribution in [-0.2, 0) is 32.6 Å². The number of nitrogens with one attached hydrogen (secondary N) is 1. The van der Waals surface area contributed by atoms with Crippen LogP contribution in [0.4, 0.5) is 4.79 Å². The Labute approximate surface area is 200 Å². The highest BCUT2D eigenvalue weighted by molar-refractivity contribution is 7.87. The van der Waals surface area contributed by atoms with Gasteiger partial charge in [0.25, 0.3) is 0 Å². The molecule has 34 heavy (non-hydrogen) atoms. The standard InChI is InChI=1S/C26H29NO6S/c1-26(2,3)32-25(28)27-24(31-19-21-10-6-4-7-11-21)18-20-14-16-22(17-15-20)33-34(29,30)23-12-8-5-9-13-23/h4-17,24H,18-19H2,1-3H3,(H,27,28). The lowest BCUT2D eigenvalue weighted by Gasteiger charge is -2.24. The van der Waals surface area contributed by atoms with Gasteiger partial charge in [-0.3, -0.25) is 5.32 Å². The zero-order chi connectivity index (χ0) is 24.6. The minimum atomic E-state index is -3.92. The first-order valence-electron chi connectivity index (χ1n) is 10.8. The summed E-state index contributed by atoms with van der Waals surface area (Å²) in [6, 6.07) is 24.1. The molecule has 0 saturated carbocycles. The average molecular weight is 484 g/mol. The molecular weight excluding hydrogens is 454 g/mol. The minimum absolute atomic E-state index is 0.0787. The molecule has 0 aliphatic heterocycles. The highest BCUT2D eigenvalue weighted by Crippen LogP contribution is 2.20. The van der Waals surface area contributed by atoms with Crippen molar-refractivity contribution < 1.29 is 26.9 Å². The Kier molecular flexibility index (Phi) is 8.31. The first kappa shape index (κ1) is 25.3. The summed E-state index contributed by atoms with van der Waals surface area (Å²) in [6.45, 7) is 5.66. The smallest absolute Gasteiger partial charge is 0.409 e. The fourth-order valence-electron chi connectivity index (χ4n) is 3.02. The van der Waals surface area contributed by atoms with Gasteiger partial charge in [-0.15, -0.1) is 0 Å². The molecule has 0 saturated heterocycles. The van der Waals surface area contributed by atoms with Crippen LogP contribution in [0.5, 0.6) is 5.75 Å². The number of hydrogen-bond acceptors (Lipinski definition) is 6. The zero-order valence-electron chi connectivity index (χ0n) is 19.4. The quantitative estimate of drug-likeness (QED) is 0.338. The number of hydrogen-bond donors (Lipinski definition) is 1. The van der Waals surface area contributed by atoms with Crippen molar-refractivity contribution in [1.29, 1.82) is 0 Å². The molecule has 7 nitrogen and oxygen atoms in total. The molecule has 8 heteroatoms. The summed E-state index contributed by atoms with van der Waals surface area (Å²) in [6.07, 6.45) is -0.896. The maximum Gasteiger partial charge on any atom is 0.409 e. The number of benzene rings is 3. The Morgan fingerprint density at radius 1 is 0.853 bits per heavy atom. The van der Waals surface area contributed by atoms with Crippen molar-refractivity contribution in [2.45, 2.75) is 50.5 Å². The topological polar surface area (TPSA) is 90.9 Å². The Balaban J connectivity index is 1.67. The number of carbonyl (C=O) groups is 1. The van der Waals surface area contributed by atoms with Crippen LogP contribution >= 0.6 is 0 Å². The van der Waals surface area contributed by atoms with Crippen molar-refractivity contribution in [1.82, 2.24) is 5.32 Å². The maximum absolute atomic E-state index is 12.4. The van der Waals surface area contributed by atoms with Gasteiger partial charge in [-0.25, -0.2) is 4.79 Å². The molecule has 3 rings (SSSR count). The van der Waals surface area contributed by atoms with E-state index >= 15 is 0 Å². The van der Waals surface area contributed by atoms with E-state index in [9.17, 15) is 13.2 Å². The SMILES string of the molecule is CC(C)(C)OC(=O)NC(Cc1ccc(OS(=O)(=O)c2ccccc2)cc1)OCc1ccccc1. The van der Waals surface area contributed by atoms with Crippen LogP contribution in [0.3, 0.4) is 0 Å². The molecule has 0 heterocycles. The predicted octanol–water partition coefficient (Wildman–Crippen LogP) is 5.06. The largest absolute Gasteiger partial charge is 0.444 e. The predicted molar refractivity (Wildman–Crippen MR) is 129 cm³/mol. The normalized spacial score (nSPS) is 12.6. The second-order valence-corrected chi connectivity index (χ2v) is 10.2. The molecule has 0 fully saturated rings. The van der Waals surface area contributed by atoms with Gasteiger partial charge in [0.15, 0.2) is 0 Å². The lowest BCUT2D eigenvalue weighted by atomic mass is 10.1. The van der Waals surface area contributed by atoms with Gasteiger partial charge in [0.2, 0.25) is 0 Å². The first-order chi connectivity index (χ1) is 16.1. The molecule has 1 amide bonds. The molecule has 0 aliphatic carbocycles. The monoisotopic (exact) mass is 483 g/mol. The minimum Gasteiger partial charge on any atom is -0.444 e. The molecule has 0 spiro atoms. The van der Waals surface area contributed by atoms with E-state index in [1.54, 1.807) is 63.2 Å². The highest BCUT2D eigenvalue weighted by atomic mass is 32.2. The lowest BCUT2D eigenvalue weighted by Crippen LogP contribution is -2.41. The number of alkyl carbamates (subject to hydrolysis) is 1. The molecule has 3 aromatic carbocycles. The molecule has 1 atom stereocenters. The average Bonchev–Trinajstić information content (AvgIpc) is 2.78. The zero-order valence-corrected chi connectivity index (χ0v) is 20.2. The van der Waals surface area contributed by atoms with Crippen LogP contribution in [0.25, 0.3) is 0 Å². The fraction of sp³-hybridized carbons (Fsp3) is 0.269. The fourth-order valence-corrected chi connectivity index (χ4v) is 3.97. The van der Waals surface area contributed by atoms with E-state index in [-0.39, 0.29) is 10.6 Å². The van der Waals surface area contributed by atoms with E-state index in [0.29, 0.717) is 13.0 Å². The van der Waals surface area contributed by atoms with E-state index in [1.807, 2.05) is 30.3 Å². The van der Waals surface area contributed by atoms with E-state index in [4.69, 9.17) is 13.7 Å². The van der Waals surface area contributed by atoms with Crippen molar-refractivity contribution in [3.63, 3.8) is 0 Å². The summed E-state index contributed by atoms with van der Waals surface area (Å²) >= 11 is 0. The van der Waals surface area contributed by atoms with Crippen LogP contribution in [0, 0.1) is 0 Å². The van der Waals surface area contributed by atoms with Crippen molar-refractivity contribution in [3.05, 3.63) is 96.1 Å². The lowest BCUT2D eigenvalue weighted by molar-refractivity contribution is -0.000939. The van der Waals surface area contributed by atoms with Gasteiger partial charge < -0.3 is 13.7 Å². The number of ether oxygens (including phenoxy) is 2. The number of carbonyl (C=O) groups excluding carboxylic acids is 1. The summed E-state index contributed by atoms with van der Waals surface area (Å²) in [4.78, 5) is 12.4. The second kappa shape index (κ2) is 11.2. The molecule has 3 aromatic rings. The highest BCUT2D eigenvalue weighted by Gasteiger charge is 2.21. The van der Waals surface area contributed by atoms with Gasteiger partial charge in [0.05, 0.1) is 6.61 Å². The summed E-state index contributed by atoms with van der Waals surface area (Å²) in [5.41, 5.74) is 1.14. The Hall–Kier alpha value is -3.36. The molecule has 1 unspecified atom stereocenters. The van der Waals surface area contributed by atoms with Crippen molar-refractivity contribution >= 4 is 16.2 Å². The molecular formula is C26H29NO6S. The molecule has 1 N–H and O–H groups in total. The van der Waals surface area contributed by atoms with Gasteiger partial charge in [0.1, 0.15) is 22.5 Å². The third-order valence-corrected chi connectivity index (χ3v) is 5.82. The third kappa shape index (κ3) is 8.20. The van der Waals surface area contributed by atoms with Crippen LogP contribution in [0.15, 0.2) is 89.8 Å². The van der Waals surface area contributed by atoms with Crippen LogP contribution in [0.1, 0.15) is 31.9 Å². The Morgan fingerprint density at radius 3 is 2.03 bits per heavy atom. The number of rotatable bonds is 9. The molecule has 0 radical (unpaired) electrons. The van der Waals surface area contributed by atoms with E-state index in [0.717, 1.165) is 11.1 Å². The maximum atomic E-state index is 12.4. The van der Waals surface area contributed by atoms with Crippen molar-refractivity contribution in [2.24, 2.45) is 0 Å².